The lowest BCUT2D eigenvalue weighted by atomic mass is 9.99. The summed E-state index contributed by atoms with van der Waals surface area (Å²) in [6.07, 6.45) is 9.87. The van der Waals surface area contributed by atoms with Gasteiger partial charge in [-0.2, -0.15) is 0 Å². The molecule has 2 aromatic heterocycles. The van der Waals surface area contributed by atoms with Gasteiger partial charge in [-0.25, -0.2) is 0 Å². The van der Waals surface area contributed by atoms with Gasteiger partial charge in [0.1, 0.15) is 0 Å². The molecule has 3 N–H and O–H groups in total. The maximum atomic E-state index is 13.5. The number of ether oxygens (including phenoxy) is 1. The number of halogens is 1. The van der Waals surface area contributed by atoms with E-state index in [1.807, 2.05) is 36.7 Å². The fourth-order valence-corrected chi connectivity index (χ4v) is 5.66. The highest BCUT2D eigenvalue weighted by atomic mass is 35.5. The van der Waals surface area contributed by atoms with Gasteiger partial charge in [0.2, 0.25) is 0 Å². The van der Waals surface area contributed by atoms with Crippen molar-refractivity contribution in [1.82, 2.24) is 19.8 Å². The van der Waals surface area contributed by atoms with E-state index in [-0.39, 0.29) is 17.5 Å². The summed E-state index contributed by atoms with van der Waals surface area (Å²) < 4.78 is 7.65. The molecule has 3 aromatic rings. The van der Waals surface area contributed by atoms with Crippen molar-refractivity contribution >= 4 is 28.4 Å². The number of hydrogen-bond acceptors (Lipinski definition) is 5. The quantitative estimate of drug-likeness (QED) is 0.536. The van der Waals surface area contributed by atoms with E-state index in [0.717, 1.165) is 55.2 Å². The van der Waals surface area contributed by atoms with Gasteiger partial charge in [0.05, 0.1) is 35.4 Å². The second kappa shape index (κ2) is 10.0. The summed E-state index contributed by atoms with van der Waals surface area (Å²) in [5.74, 6) is -0.128. The summed E-state index contributed by atoms with van der Waals surface area (Å²) in [4.78, 5) is 20.1. The normalized spacial score (nSPS) is 19.4. The molecule has 1 aliphatic heterocycles. The Bertz CT molecular complexity index is 1140. The van der Waals surface area contributed by atoms with Gasteiger partial charge in [-0.3, -0.25) is 14.7 Å². The fraction of sp³-hybridized carbons (Fsp3) is 0.462. The molecule has 7 nitrogen and oxygen atoms in total. The number of hydrogen-bond donors (Lipinski definition) is 2. The number of rotatable bonds is 7. The number of benzene rings is 1. The molecule has 1 amide bonds. The fourth-order valence-electron chi connectivity index (χ4n) is 5.39. The van der Waals surface area contributed by atoms with Gasteiger partial charge >= 0.3 is 0 Å². The molecular weight excluding hydrogens is 450 g/mol. The molecule has 0 spiro atoms. The molecule has 1 saturated heterocycles. The highest BCUT2D eigenvalue weighted by Crippen LogP contribution is 2.33. The van der Waals surface area contributed by atoms with E-state index in [1.165, 1.54) is 0 Å². The van der Waals surface area contributed by atoms with E-state index in [9.17, 15) is 4.79 Å². The number of carbonyl (C=O) groups is 1. The second-order valence-electron chi connectivity index (χ2n) is 9.53. The zero-order chi connectivity index (χ0) is 23.5. The van der Waals surface area contributed by atoms with Crippen LogP contribution in [-0.4, -0.2) is 58.7 Å². The van der Waals surface area contributed by atoms with Gasteiger partial charge in [0.15, 0.2) is 0 Å². The summed E-state index contributed by atoms with van der Waals surface area (Å²) in [5.41, 5.74) is 9.06. The van der Waals surface area contributed by atoms with E-state index >= 15 is 0 Å². The van der Waals surface area contributed by atoms with Crippen LogP contribution in [0.2, 0.25) is 5.02 Å². The summed E-state index contributed by atoms with van der Waals surface area (Å²) in [6.45, 7) is 4.17. The lowest BCUT2D eigenvalue weighted by Gasteiger charge is -2.34. The number of nitrogens with one attached hydrogen (secondary N) is 1. The Morgan fingerprint density at radius 1 is 1.21 bits per heavy atom. The molecule has 5 rings (SSSR count). The molecule has 0 radical (unpaired) electrons. The minimum Gasteiger partial charge on any atom is -0.379 e. The Hall–Kier alpha value is -2.45. The van der Waals surface area contributed by atoms with Crippen LogP contribution in [0.1, 0.15) is 47.6 Å². The molecule has 1 saturated carbocycles. The van der Waals surface area contributed by atoms with E-state index in [0.29, 0.717) is 36.9 Å². The van der Waals surface area contributed by atoms with Crippen LogP contribution in [0.15, 0.2) is 48.9 Å². The number of nitrogens with zero attached hydrogens (tertiary/aromatic N) is 3. The maximum Gasteiger partial charge on any atom is 0.253 e. The summed E-state index contributed by atoms with van der Waals surface area (Å²) >= 11 is 6.60. The third kappa shape index (κ3) is 4.84. The zero-order valence-corrected chi connectivity index (χ0v) is 20.1. The first kappa shape index (κ1) is 23.3. The Labute approximate surface area is 205 Å². The lowest BCUT2D eigenvalue weighted by molar-refractivity contribution is 0.0161. The molecular formula is C26H32ClN5O2. The van der Waals surface area contributed by atoms with Crippen molar-refractivity contribution < 1.29 is 9.53 Å². The van der Waals surface area contributed by atoms with Crippen LogP contribution in [0.4, 0.5) is 0 Å². The first-order valence-corrected chi connectivity index (χ1v) is 12.5. The van der Waals surface area contributed by atoms with Crippen LogP contribution in [0.3, 0.4) is 0 Å². The Morgan fingerprint density at radius 2 is 2.00 bits per heavy atom. The molecule has 2 fully saturated rings. The van der Waals surface area contributed by atoms with Crippen molar-refractivity contribution in [2.45, 2.75) is 43.8 Å². The zero-order valence-electron chi connectivity index (χ0n) is 19.4. The molecule has 1 atom stereocenters. The van der Waals surface area contributed by atoms with Crippen molar-refractivity contribution in [2.24, 2.45) is 5.73 Å². The largest absolute Gasteiger partial charge is 0.379 e. The molecule has 1 unspecified atom stereocenters. The van der Waals surface area contributed by atoms with Crippen LogP contribution < -0.4 is 11.1 Å². The molecule has 1 aliphatic carbocycles. The third-order valence-electron chi connectivity index (χ3n) is 7.20. The topological polar surface area (TPSA) is 85.4 Å². The van der Waals surface area contributed by atoms with E-state index in [1.54, 1.807) is 6.20 Å². The highest BCUT2D eigenvalue weighted by Gasteiger charge is 2.31. The predicted octanol–water partition coefficient (Wildman–Crippen LogP) is 3.76. The van der Waals surface area contributed by atoms with Gasteiger partial charge in [0, 0.05) is 55.7 Å². The van der Waals surface area contributed by atoms with Gasteiger partial charge in [-0.1, -0.05) is 36.6 Å². The van der Waals surface area contributed by atoms with Crippen molar-refractivity contribution in [3.8, 4) is 0 Å². The third-order valence-corrected chi connectivity index (χ3v) is 7.51. The maximum absolute atomic E-state index is 13.5. The minimum atomic E-state index is -0.232. The van der Waals surface area contributed by atoms with Crippen molar-refractivity contribution in [2.75, 3.05) is 32.8 Å². The van der Waals surface area contributed by atoms with Gasteiger partial charge in [0.25, 0.3) is 5.91 Å². The van der Waals surface area contributed by atoms with Crippen molar-refractivity contribution in [1.29, 1.82) is 0 Å². The average molecular weight is 482 g/mol. The second-order valence-corrected chi connectivity index (χ2v) is 9.94. The predicted molar refractivity (Wildman–Crippen MR) is 134 cm³/mol. The van der Waals surface area contributed by atoms with Crippen LogP contribution in [0.25, 0.3) is 10.9 Å². The molecule has 8 heteroatoms. The Balaban J connectivity index is 1.40. The minimum absolute atomic E-state index is 0.0242. The number of pyridine rings is 1. The first-order chi connectivity index (χ1) is 16.5. The molecule has 34 heavy (non-hydrogen) atoms. The Morgan fingerprint density at radius 3 is 2.74 bits per heavy atom. The lowest BCUT2D eigenvalue weighted by Crippen LogP contribution is -2.43. The smallest absolute Gasteiger partial charge is 0.253 e. The van der Waals surface area contributed by atoms with Gasteiger partial charge < -0.3 is 20.4 Å². The SMILES string of the molecule is NC1(Cn2cc(C(=O)NCC(c3cccnc3)N3CCOCC3)c3c(Cl)cccc32)CCCC1. The van der Waals surface area contributed by atoms with Gasteiger partial charge in [-0.05, 0) is 36.6 Å². The summed E-state index contributed by atoms with van der Waals surface area (Å²) in [5, 5.41) is 4.54. The monoisotopic (exact) mass is 481 g/mol. The molecule has 0 bridgehead atoms. The van der Waals surface area contributed by atoms with Gasteiger partial charge in [-0.15, -0.1) is 0 Å². The van der Waals surface area contributed by atoms with E-state index in [2.05, 4.69) is 25.8 Å². The molecule has 3 heterocycles. The van der Waals surface area contributed by atoms with Crippen LogP contribution >= 0.6 is 11.6 Å². The number of fused-ring (bicyclic) bond motifs is 1. The standard InChI is InChI=1S/C26H32ClN5O2/c27-21-6-3-7-22-24(21)20(17-32(22)18-26(28)8-1-2-9-26)25(33)30-16-23(19-5-4-10-29-15-19)31-11-13-34-14-12-31/h3-7,10,15,17,23H,1-2,8-9,11-14,16,18,28H2,(H,30,33). The number of carbonyl (C=O) groups excluding carboxylic acids is 1. The number of nitrogens with two attached hydrogens (primary N) is 1. The summed E-state index contributed by atoms with van der Waals surface area (Å²) in [7, 11) is 0. The number of amides is 1. The van der Waals surface area contributed by atoms with Crippen molar-refractivity contribution in [3.63, 3.8) is 0 Å². The van der Waals surface area contributed by atoms with E-state index in [4.69, 9.17) is 22.1 Å². The first-order valence-electron chi connectivity index (χ1n) is 12.1. The molecule has 2 aliphatic rings. The average Bonchev–Trinajstić information content (AvgIpc) is 3.45. The molecule has 1 aromatic carbocycles. The number of morpholine rings is 1. The molecule has 180 valence electrons. The van der Waals surface area contributed by atoms with Crippen LogP contribution in [0.5, 0.6) is 0 Å². The van der Waals surface area contributed by atoms with Crippen LogP contribution in [-0.2, 0) is 11.3 Å². The van der Waals surface area contributed by atoms with E-state index < -0.39 is 0 Å². The Kier molecular flexibility index (Phi) is 6.88. The highest BCUT2D eigenvalue weighted by molar-refractivity contribution is 6.36. The number of aromatic nitrogens is 2. The summed E-state index contributed by atoms with van der Waals surface area (Å²) in [6, 6.07) is 9.80. The van der Waals surface area contributed by atoms with Crippen LogP contribution in [0, 0.1) is 0 Å². The van der Waals surface area contributed by atoms with Crippen molar-refractivity contribution in [3.05, 3.63) is 65.1 Å².